The number of carbonyl (C=O) groups is 1. The molecule has 1 rings (SSSR count). The molecule has 1 heterocycles. The topological polar surface area (TPSA) is 115 Å². The van der Waals surface area contributed by atoms with Gasteiger partial charge in [0, 0.05) is 0 Å². The molecule has 7 nitrogen and oxygen atoms in total. The highest BCUT2D eigenvalue weighted by atomic mass is 32.2. The van der Waals surface area contributed by atoms with Gasteiger partial charge in [0.25, 0.3) is 0 Å². The maximum absolute atomic E-state index is 12.2. The van der Waals surface area contributed by atoms with Crippen LogP contribution >= 0.6 is 11.3 Å². The molecule has 9 heteroatoms. The van der Waals surface area contributed by atoms with Crippen molar-refractivity contribution in [1.29, 1.82) is 0 Å². The van der Waals surface area contributed by atoms with Gasteiger partial charge in [-0.3, -0.25) is 0 Å². The fraction of sp³-hybridized carbons (Fsp3) is 0.636. The van der Waals surface area contributed by atoms with Crippen LogP contribution in [0.5, 0.6) is 0 Å². The lowest BCUT2D eigenvalue weighted by Gasteiger charge is -2.17. The molecule has 0 radical (unpaired) electrons. The van der Waals surface area contributed by atoms with E-state index in [-0.39, 0.29) is 4.21 Å². The molecule has 20 heavy (non-hydrogen) atoms. The number of nitrogens with two attached hydrogens (primary N) is 1. The summed E-state index contributed by atoms with van der Waals surface area (Å²) >= 11 is 0.944. The summed E-state index contributed by atoms with van der Waals surface area (Å²) in [5, 5.41) is 15.7. The van der Waals surface area contributed by atoms with Crippen molar-refractivity contribution in [3.05, 3.63) is 11.2 Å². The zero-order valence-electron chi connectivity index (χ0n) is 12.0. The van der Waals surface area contributed by atoms with E-state index in [0.29, 0.717) is 5.01 Å². The van der Waals surface area contributed by atoms with E-state index in [2.05, 4.69) is 9.35 Å². The van der Waals surface area contributed by atoms with E-state index in [1.807, 2.05) is 0 Å². The molecule has 0 fully saturated rings. The average Bonchev–Trinajstić information content (AvgIpc) is 2.60. The first-order valence-electron chi connectivity index (χ1n) is 5.78. The summed E-state index contributed by atoms with van der Waals surface area (Å²) in [7, 11) is -3.43. The number of aliphatic hydroxyl groups is 1. The van der Waals surface area contributed by atoms with Gasteiger partial charge in [0.1, 0.15) is 20.4 Å². The first kappa shape index (κ1) is 17.0. The smallest absolute Gasteiger partial charge is 0.442 e. The van der Waals surface area contributed by atoms with Crippen molar-refractivity contribution in [2.24, 2.45) is 9.50 Å². The van der Waals surface area contributed by atoms with Crippen LogP contribution in [0.1, 0.15) is 39.6 Å². The number of hydrogen-bond acceptors (Lipinski definition) is 6. The minimum Gasteiger partial charge on any atom is -0.442 e. The third-order valence-electron chi connectivity index (χ3n) is 1.90. The molecule has 0 unspecified atom stereocenters. The van der Waals surface area contributed by atoms with E-state index in [4.69, 9.17) is 9.88 Å². The fourth-order valence-corrected chi connectivity index (χ4v) is 3.14. The SMILES string of the molecule is CC(C)(C)OC(=O)N=[S@@](N)(=O)c1cnc(C(C)(C)O)s1. The largest absolute Gasteiger partial charge is 0.443 e. The minimum atomic E-state index is -3.43. The van der Waals surface area contributed by atoms with E-state index in [9.17, 15) is 14.1 Å². The molecular weight excluding hydrogens is 302 g/mol. The van der Waals surface area contributed by atoms with E-state index >= 15 is 0 Å². The van der Waals surface area contributed by atoms with Gasteiger partial charge in [-0.1, -0.05) is 0 Å². The summed E-state index contributed by atoms with van der Waals surface area (Å²) in [6.07, 6.45) is 0.247. The second-order valence-electron chi connectivity index (χ2n) is 5.68. The van der Waals surface area contributed by atoms with Crippen LogP contribution in [0.15, 0.2) is 14.8 Å². The van der Waals surface area contributed by atoms with Crippen LogP contribution in [0.25, 0.3) is 0 Å². The monoisotopic (exact) mass is 321 g/mol. The Morgan fingerprint density at radius 2 is 2.00 bits per heavy atom. The Balaban J connectivity index is 3.08. The zero-order valence-corrected chi connectivity index (χ0v) is 13.7. The van der Waals surface area contributed by atoms with Crippen molar-refractivity contribution in [3.8, 4) is 0 Å². The van der Waals surface area contributed by atoms with Gasteiger partial charge in [0.15, 0.2) is 9.92 Å². The van der Waals surface area contributed by atoms with E-state index in [1.54, 1.807) is 34.6 Å². The van der Waals surface area contributed by atoms with Gasteiger partial charge in [-0.05, 0) is 34.6 Å². The summed E-state index contributed by atoms with van der Waals surface area (Å²) in [5.74, 6) is 0. The lowest BCUT2D eigenvalue weighted by atomic mass is 10.2. The van der Waals surface area contributed by atoms with Crippen molar-refractivity contribution < 1.29 is 18.8 Å². The molecular formula is C11H19N3O4S2. The molecule has 0 aliphatic rings. The number of rotatable bonds is 2. The highest BCUT2D eigenvalue weighted by Gasteiger charge is 2.24. The number of hydrogen-bond donors (Lipinski definition) is 2. The van der Waals surface area contributed by atoms with Crippen molar-refractivity contribution in [2.75, 3.05) is 0 Å². The summed E-state index contributed by atoms with van der Waals surface area (Å²) in [6.45, 7) is 8.07. The molecule has 0 bridgehead atoms. The molecule has 0 aromatic carbocycles. The standard InChI is InChI=1S/C11H19N3O4S2/c1-10(2,3)18-9(15)14-20(12,17)7-6-13-8(19-7)11(4,5)16/h6,16H,1-5H3,(H2,12,14,15,17)/t20-/m1/s1. The maximum Gasteiger partial charge on any atom is 0.443 e. The average molecular weight is 321 g/mol. The first-order chi connectivity index (χ1) is 8.81. The quantitative estimate of drug-likeness (QED) is 0.864. The van der Waals surface area contributed by atoms with Crippen LogP contribution in [0.3, 0.4) is 0 Å². The maximum atomic E-state index is 12.2. The summed E-state index contributed by atoms with van der Waals surface area (Å²) in [6, 6.07) is 0. The predicted octanol–water partition coefficient (Wildman–Crippen LogP) is 2.01. The minimum absolute atomic E-state index is 0.112. The third kappa shape index (κ3) is 4.82. The number of nitrogens with zero attached hydrogens (tertiary/aromatic N) is 2. The molecule has 1 atom stereocenters. The molecule has 3 N–H and O–H groups in total. The summed E-state index contributed by atoms with van der Waals surface area (Å²) < 4.78 is 20.7. The second kappa shape index (κ2) is 5.40. The molecule has 0 saturated carbocycles. The number of thiazole rings is 1. The van der Waals surface area contributed by atoms with Gasteiger partial charge < -0.3 is 9.84 Å². The Kier molecular flexibility index (Phi) is 4.59. The summed E-state index contributed by atoms with van der Waals surface area (Å²) in [4.78, 5) is 15.5. The number of ether oxygens (including phenoxy) is 1. The highest BCUT2D eigenvalue weighted by molar-refractivity contribution is 7.93. The van der Waals surface area contributed by atoms with Crippen LogP contribution in [-0.2, 0) is 20.3 Å². The highest BCUT2D eigenvalue weighted by Crippen LogP contribution is 2.27. The first-order valence-corrected chi connectivity index (χ1v) is 8.17. The van der Waals surface area contributed by atoms with E-state index in [1.165, 1.54) is 6.20 Å². The molecule has 114 valence electrons. The van der Waals surface area contributed by atoms with Crippen molar-refractivity contribution in [2.45, 2.75) is 50.0 Å². The Morgan fingerprint density at radius 3 is 2.40 bits per heavy atom. The zero-order chi connectivity index (χ0) is 15.8. The third-order valence-corrected chi connectivity index (χ3v) is 5.07. The molecule has 0 aliphatic carbocycles. The van der Waals surface area contributed by atoms with Gasteiger partial charge in [0.05, 0.1) is 6.20 Å². The number of aromatic nitrogens is 1. The lowest BCUT2D eigenvalue weighted by Crippen LogP contribution is -2.23. The van der Waals surface area contributed by atoms with Crippen molar-refractivity contribution in [3.63, 3.8) is 0 Å². The Labute approximate surface area is 122 Å². The van der Waals surface area contributed by atoms with Crippen LogP contribution < -0.4 is 5.14 Å². The van der Waals surface area contributed by atoms with Gasteiger partial charge >= 0.3 is 6.09 Å². The second-order valence-corrected chi connectivity index (χ2v) is 8.73. The Hall–Kier alpha value is -1.03. The predicted molar refractivity (Wildman–Crippen MR) is 76.6 cm³/mol. The van der Waals surface area contributed by atoms with Crippen molar-refractivity contribution >= 4 is 27.3 Å². The fourth-order valence-electron chi connectivity index (χ4n) is 1.11. The van der Waals surface area contributed by atoms with Gasteiger partial charge in [0.2, 0.25) is 0 Å². The van der Waals surface area contributed by atoms with Gasteiger partial charge in [-0.2, -0.15) is 0 Å². The van der Waals surface area contributed by atoms with Crippen LogP contribution in [0.2, 0.25) is 0 Å². The molecule has 1 amide bonds. The van der Waals surface area contributed by atoms with Crippen LogP contribution in [-0.4, -0.2) is 26.0 Å². The van der Waals surface area contributed by atoms with E-state index < -0.39 is 27.2 Å². The molecule has 0 aliphatic heterocycles. The number of carbonyl (C=O) groups excluding carboxylic acids is 1. The molecule has 0 spiro atoms. The number of amides is 1. The lowest BCUT2D eigenvalue weighted by molar-refractivity contribution is 0.0607. The van der Waals surface area contributed by atoms with Gasteiger partial charge in [-0.25, -0.2) is 19.1 Å². The molecule has 1 aromatic heterocycles. The van der Waals surface area contributed by atoms with Crippen LogP contribution in [0, 0.1) is 0 Å². The molecule has 1 aromatic rings. The normalized spacial score (nSPS) is 15.6. The Bertz CT molecular complexity index is 616. The van der Waals surface area contributed by atoms with Crippen molar-refractivity contribution in [1.82, 2.24) is 4.98 Å². The van der Waals surface area contributed by atoms with Gasteiger partial charge in [-0.15, -0.1) is 15.7 Å². The molecule has 0 saturated heterocycles. The Morgan fingerprint density at radius 1 is 1.45 bits per heavy atom. The van der Waals surface area contributed by atoms with E-state index in [0.717, 1.165) is 11.3 Å². The van der Waals surface area contributed by atoms with Crippen LogP contribution in [0.4, 0.5) is 4.79 Å². The summed E-state index contributed by atoms with van der Waals surface area (Å²) in [5.41, 5.74) is -1.92.